The first-order valence-corrected chi connectivity index (χ1v) is 12.2. The smallest absolute Gasteiger partial charge is 0.241 e. The SMILES string of the molecule is Cc1ccc(N2C(=O)C3C(c4cccc5ccccc45)OC4(C(=O)c5ccccc5C4=O)C3C2=O)cc1. The van der Waals surface area contributed by atoms with Crippen molar-refractivity contribution < 1.29 is 23.9 Å². The van der Waals surface area contributed by atoms with Crippen molar-refractivity contribution in [3.05, 3.63) is 113 Å². The summed E-state index contributed by atoms with van der Waals surface area (Å²) >= 11 is 0. The Balaban J connectivity index is 1.46. The van der Waals surface area contributed by atoms with Gasteiger partial charge in [0.15, 0.2) is 0 Å². The average molecular weight is 488 g/mol. The number of aryl methyl sites for hydroxylation is 1. The molecule has 1 aliphatic carbocycles. The fourth-order valence-electron chi connectivity index (χ4n) is 6.25. The van der Waals surface area contributed by atoms with Crippen LogP contribution in [0.1, 0.15) is 37.9 Å². The molecular weight excluding hydrogens is 466 g/mol. The van der Waals surface area contributed by atoms with Crippen molar-refractivity contribution in [2.24, 2.45) is 11.8 Å². The molecule has 0 radical (unpaired) electrons. The number of anilines is 1. The molecule has 37 heavy (non-hydrogen) atoms. The second-order valence-electron chi connectivity index (χ2n) is 9.90. The van der Waals surface area contributed by atoms with Crippen molar-refractivity contribution in [1.82, 2.24) is 0 Å². The Hall–Kier alpha value is -4.42. The summed E-state index contributed by atoms with van der Waals surface area (Å²) < 4.78 is 6.45. The Morgan fingerprint density at radius 3 is 2.03 bits per heavy atom. The fourth-order valence-corrected chi connectivity index (χ4v) is 6.25. The minimum atomic E-state index is -2.08. The summed E-state index contributed by atoms with van der Waals surface area (Å²) in [4.78, 5) is 57.1. The summed E-state index contributed by atoms with van der Waals surface area (Å²) in [5.41, 5.74) is 0.429. The van der Waals surface area contributed by atoms with Crippen LogP contribution in [0.5, 0.6) is 0 Å². The Morgan fingerprint density at radius 2 is 1.32 bits per heavy atom. The molecule has 3 aliphatic rings. The van der Waals surface area contributed by atoms with Gasteiger partial charge in [0.25, 0.3) is 0 Å². The Kier molecular flexibility index (Phi) is 4.45. The van der Waals surface area contributed by atoms with Crippen LogP contribution in [-0.4, -0.2) is 29.0 Å². The van der Waals surface area contributed by atoms with E-state index in [2.05, 4.69) is 0 Å². The highest BCUT2D eigenvalue weighted by Gasteiger charge is 2.74. The van der Waals surface area contributed by atoms with E-state index in [-0.39, 0.29) is 11.1 Å². The van der Waals surface area contributed by atoms with Gasteiger partial charge in [-0.05, 0) is 35.4 Å². The third-order valence-electron chi connectivity index (χ3n) is 7.94. The number of hydrogen-bond donors (Lipinski definition) is 0. The van der Waals surface area contributed by atoms with E-state index in [9.17, 15) is 19.2 Å². The zero-order chi connectivity index (χ0) is 25.5. The first-order valence-electron chi connectivity index (χ1n) is 12.2. The number of imide groups is 1. The number of benzene rings is 4. The molecule has 3 atom stereocenters. The second kappa shape index (κ2) is 7.54. The molecule has 180 valence electrons. The molecule has 2 fully saturated rings. The number of ketones is 2. The molecule has 0 bridgehead atoms. The summed E-state index contributed by atoms with van der Waals surface area (Å²) in [6, 6.07) is 26.9. The fraction of sp³-hybridized carbons (Fsp3) is 0.161. The summed E-state index contributed by atoms with van der Waals surface area (Å²) in [6.07, 6.45) is -0.954. The van der Waals surface area contributed by atoms with Gasteiger partial charge in [-0.2, -0.15) is 0 Å². The molecule has 4 aromatic carbocycles. The third-order valence-corrected chi connectivity index (χ3v) is 7.94. The lowest BCUT2D eigenvalue weighted by Gasteiger charge is -2.27. The molecule has 6 heteroatoms. The number of nitrogens with zero attached hydrogens (tertiary/aromatic N) is 1. The summed E-state index contributed by atoms with van der Waals surface area (Å²) in [5.74, 6) is -4.46. The number of amides is 2. The lowest BCUT2D eigenvalue weighted by molar-refractivity contribution is -0.127. The minimum absolute atomic E-state index is 0.221. The maximum absolute atomic E-state index is 14.0. The monoisotopic (exact) mass is 487 g/mol. The molecule has 2 aliphatic heterocycles. The maximum atomic E-state index is 14.0. The molecule has 7 rings (SSSR count). The van der Waals surface area contributed by atoms with E-state index in [1.165, 1.54) is 0 Å². The van der Waals surface area contributed by atoms with Gasteiger partial charge in [-0.3, -0.25) is 19.2 Å². The normalized spacial score (nSPS) is 23.8. The Labute approximate surface area is 212 Å². The predicted molar refractivity (Wildman–Crippen MR) is 136 cm³/mol. The quantitative estimate of drug-likeness (QED) is 0.299. The number of carbonyl (C=O) groups excluding carboxylic acids is 4. The van der Waals surface area contributed by atoms with Crippen molar-refractivity contribution in [2.45, 2.75) is 18.6 Å². The van der Waals surface area contributed by atoms with Crippen molar-refractivity contribution in [2.75, 3.05) is 4.90 Å². The number of Topliss-reactive ketones (excluding diaryl/α,β-unsaturated/α-hetero) is 2. The zero-order valence-corrected chi connectivity index (χ0v) is 19.9. The first-order chi connectivity index (χ1) is 17.9. The van der Waals surface area contributed by atoms with E-state index in [0.29, 0.717) is 11.3 Å². The average Bonchev–Trinajstić information content (AvgIpc) is 3.49. The molecule has 0 aromatic heterocycles. The highest BCUT2D eigenvalue weighted by molar-refractivity contribution is 6.37. The Morgan fingerprint density at radius 1 is 0.703 bits per heavy atom. The maximum Gasteiger partial charge on any atom is 0.241 e. The topological polar surface area (TPSA) is 80.8 Å². The van der Waals surface area contributed by atoms with Crippen LogP contribution in [0.3, 0.4) is 0 Å². The van der Waals surface area contributed by atoms with Crippen LogP contribution in [0.4, 0.5) is 5.69 Å². The highest BCUT2D eigenvalue weighted by atomic mass is 16.5. The number of hydrogen-bond acceptors (Lipinski definition) is 5. The van der Waals surface area contributed by atoms with Crippen molar-refractivity contribution in [3.8, 4) is 0 Å². The molecule has 1 spiro atoms. The largest absolute Gasteiger partial charge is 0.349 e. The standard InChI is InChI=1S/C31H21NO5/c1-17-13-15-19(16-14-17)32-29(35)24-25(30(32)36)31(27(33)22-10-4-5-11-23(22)28(31)34)37-26(24)21-12-6-8-18-7-2-3-9-20(18)21/h2-16,24-26H,1H3. The lowest BCUT2D eigenvalue weighted by atomic mass is 9.77. The van der Waals surface area contributed by atoms with Gasteiger partial charge in [0.05, 0.1) is 23.6 Å². The van der Waals surface area contributed by atoms with Gasteiger partial charge < -0.3 is 4.74 Å². The van der Waals surface area contributed by atoms with Crippen LogP contribution < -0.4 is 4.90 Å². The van der Waals surface area contributed by atoms with E-state index in [0.717, 1.165) is 21.2 Å². The van der Waals surface area contributed by atoms with Crippen LogP contribution >= 0.6 is 0 Å². The summed E-state index contributed by atoms with van der Waals surface area (Å²) in [6.45, 7) is 1.92. The van der Waals surface area contributed by atoms with E-state index in [1.54, 1.807) is 36.4 Å². The van der Waals surface area contributed by atoms with Gasteiger partial charge in [-0.15, -0.1) is 0 Å². The van der Waals surface area contributed by atoms with Gasteiger partial charge in [0.2, 0.25) is 29.0 Å². The van der Waals surface area contributed by atoms with E-state index < -0.39 is 46.9 Å². The van der Waals surface area contributed by atoms with E-state index in [1.807, 2.05) is 61.5 Å². The number of fused-ring (bicyclic) bond motifs is 4. The molecule has 6 nitrogen and oxygen atoms in total. The van der Waals surface area contributed by atoms with Crippen molar-refractivity contribution in [3.63, 3.8) is 0 Å². The highest BCUT2D eigenvalue weighted by Crippen LogP contribution is 2.58. The summed E-state index contributed by atoms with van der Waals surface area (Å²) in [5, 5.41) is 1.77. The van der Waals surface area contributed by atoms with Crippen LogP contribution in [0.2, 0.25) is 0 Å². The summed E-state index contributed by atoms with van der Waals surface area (Å²) in [7, 11) is 0. The van der Waals surface area contributed by atoms with E-state index >= 15 is 0 Å². The molecule has 3 unspecified atom stereocenters. The van der Waals surface area contributed by atoms with Crippen molar-refractivity contribution in [1.29, 1.82) is 0 Å². The molecule has 0 saturated carbocycles. The van der Waals surface area contributed by atoms with Gasteiger partial charge in [0, 0.05) is 11.1 Å². The van der Waals surface area contributed by atoms with E-state index in [4.69, 9.17) is 4.74 Å². The lowest BCUT2D eigenvalue weighted by Crippen LogP contribution is -2.51. The van der Waals surface area contributed by atoms with Gasteiger partial charge in [-0.1, -0.05) is 84.4 Å². The minimum Gasteiger partial charge on any atom is -0.349 e. The zero-order valence-electron chi connectivity index (χ0n) is 19.9. The van der Waals surface area contributed by atoms with Crippen LogP contribution in [0.25, 0.3) is 10.8 Å². The molecular formula is C31H21NO5. The van der Waals surface area contributed by atoms with Crippen LogP contribution in [0, 0.1) is 18.8 Å². The number of carbonyl (C=O) groups is 4. The van der Waals surface area contributed by atoms with Gasteiger partial charge >= 0.3 is 0 Å². The third kappa shape index (κ3) is 2.73. The molecule has 4 aromatic rings. The van der Waals surface area contributed by atoms with Crippen molar-refractivity contribution >= 4 is 39.8 Å². The molecule has 0 N–H and O–H groups in total. The van der Waals surface area contributed by atoms with Gasteiger partial charge in [0.1, 0.15) is 0 Å². The molecule has 2 amide bonds. The number of ether oxygens (including phenoxy) is 1. The van der Waals surface area contributed by atoms with Gasteiger partial charge in [-0.25, -0.2) is 4.90 Å². The first kappa shape index (κ1) is 21.8. The Bertz CT molecular complexity index is 1630. The second-order valence-corrected chi connectivity index (χ2v) is 9.90. The molecule has 2 heterocycles. The predicted octanol–water partition coefficient (Wildman–Crippen LogP) is 4.84. The van der Waals surface area contributed by atoms with Crippen LogP contribution in [-0.2, 0) is 14.3 Å². The molecule has 2 saturated heterocycles. The van der Waals surface area contributed by atoms with Crippen LogP contribution in [0.15, 0.2) is 91.0 Å². The number of rotatable bonds is 2.